The molecule has 2 aliphatic heterocycles. The van der Waals surface area contributed by atoms with Gasteiger partial charge in [0.15, 0.2) is 0 Å². The van der Waals surface area contributed by atoms with Crippen molar-refractivity contribution in [2.75, 3.05) is 26.2 Å². The molecule has 8 heteroatoms. The van der Waals surface area contributed by atoms with E-state index in [9.17, 15) is 14.0 Å². The second-order valence-electron chi connectivity index (χ2n) is 10.8. The lowest BCUT2D eigenvalue weighted by Gasteiger charge is -2.34. The Hall–Kier alpha value is -3.13. The molecule has 2 fully saturated rings. The summed E-state index contributed by atoms with van der Waals surface area (Å²) in [5, 5.41) is 0. The van der Waals surface area contributed by atoms with Gasteiger partial charge in [-0.1, -0.05) is 24.3 Å². The van der Waals surface area contributed by atoms with Gasteiger partial charge >= 0.3 is 6.09 Å². The SMILES string of the molecule is CC(C)OC(=O)N1CCC([C@H](C)Oc2ccc(-c3ccc(C[C@H](N)C(=O)N4CCCC4)c(F)c3)cc2)CC1. The fourth-order valence-corrected chi connectivity index (χ4v) is 5.25. The summed E-state index contributed by atoms with van der Waals surface area (Å²) in [4.78, 5) is 28.1. The lowest BCUT2D eigenvalue weighted by molar-refractivity contribution is -0.131. The Morgan fingerprint density at radius 2 is 1.58 bits per heavy atom. The van der Waals surface area contributed by atoms with Crippen LogP contribution in [-0.4, -0.2) is 66.2 Å². The van der Waals surface area contributed by atoms with Crippen molar-refractivity contribution in [3.05, 3.63) is 53.8 Å². The summed E-state index contributed by atoms with van der Waals surface area (Å²) in [6.07, 6.45) is 3.56. The summed E-state index contributed by atoms with van der Waals surface area (Å²) in [6, 6.07) is 12.0. The predicted molar refractivity (Wildman–Crippen MR) is 145 cm³/mol. The van der Waals surface area contributed by atoms with Gasteiger partial charge in [0.1, 0.15) is 11.6 Å². The molecule has 4 rings (SSSR count). The standard InChI is InChI=1S/C30H40FN3O4/c1-20(2)37-30(36)34-16-12-22(13-17-34)21(3)38-26-10-8-23(9-11-26)24-6-7-25(27(31)18-24)19-28(32)29(35)33-14-4-5-15-33/h6-11,18,20-22,28H,4-5,12-17,19,32H2,1-3H3/t21-,28-/m0/s1. The number of amides is 2. The molecule has 2 aromatic carbocycles. The van der Waals surface area contributed by atoms with Gasteiger partial charge in [-0.3, -0.25) is 4.79 Å². The Kier molecular flexibility index (Phi) is 9.26. The zero-order valence-electron chi connectivity index (χ0n) is 22.7. The number of piperidine rings is 1. The van der Waals surface area contributed by atoms with Crippen LogP contribution in [0.4, 0.5) is 9.18 Å². The van der Waals surface area contributed by atoms with Gasteiger partial charge in [0.05, 0.1) is 18.2 Å². The van der Waals surface area contributed by atoms with Gasteiger partial charge in [-0.25, -0.2) is 9.18 Å². The summed E-state index contributed by atoms with van der Waals surface area (Å²) in [5.74, 6) is 0.647. The van der Waals surface area contributed by atoms with Crippen molar-refractivity contribution in [3.63, 3.8) is 0 Å². The largest absolute Gasteiger partial charge is 0.490 e. The first-order chi connectivity index (χ1) is 18.2. The fourth-order valence-electron chi connectivity index (χ4n) is 5.25. The van der Waals surface area contributed by atoms with Crippen LogP contribution in [0.5, 0.6) is 5.75 Å². The van der Waals surface area contributed by atoms with E-state index in [0.29, 0.717) is 24.6 Å². The molecule has 0 saturated carbocycles. The van der Waals surface area contributed by atoms with E-state index in [-0.39, 0.29) is 36.4 Å². The van der Waals surface area contributed by atoms with Crippen LogP contribution in [0.25, 0.3) is 11.1 Å². The van der Waals surface area contributed by atoms with Crippen LogP contribution >= 0.6 is 0 Å². The van der Waals surface area contributed by atoms with Crippen molar-refractivity contribution in [3.8, 4) is 16.9 Å². The van der Waals surface area contributed by atoms with E-state index in [2.05, 4.69) is 6.92 Å². The van der Waals surface area contributed by atoms with Crippen molar-refractivity contribution >= 4 is 12.0 Å². The third-order valence-corrected chi connectivity index (χ3v) is 7.54. The van der Waals surface area contributed by atoms with Crippen LogP contribution in [0.15, 0.2) is 42.5 Å². The molecule has 0 bridgehead atoms. The van der Waals surface area contributed by atoms with Gasteiger partial charge in [0, 0.05) is 26.2 Å². The first-order valence-corrected chi connectivity index (χ1v) is 13.8. The second kappa shape index (κ2) is 12.6. The molecule has 2 N–H and O–H groups in total. The van der Waals surface area contributed by atoms with Crippen LogP contribution < -0.4 is 10.5 Å². The van der Waals surface area contributed by atoms with Gasteiger partial charge < -0.3 is 25.0 Å². The number of nitrogens with zero attached hydrogens (tertiary/aromatic N) is 2. The zero-order valence-corrected chi connectivity index (χ0v) is 22.7. The third-order valence-electron chi connectivity index (χ3n) is 7.54. The summed E-state index contributed by atoms with van der Waals surface area (Å²) in [7, 11) is 0. The molecule has 2 aliphatic rings. The summed E-state index contributed by atoms with van der Waals surface area (Å²) >= 11 is 0. The molecular weight excluding hydrogens is 485 g/mol. The maximum absolute atomic E-state index is 14.9. The van der Waals surface area contributed by atoms with Gasteiger partial charge in [-0.2, -0.15) is 0 Å². The molecule has 0 aliphatic carbocycles. The highest BCUT2D eigenvalue weighted by molar-refractivity contribution is 5.82. The Balaban J connectivity index is 1.29. The average molecular weight is 526 g/mol. The number of hydrogen-bond donors (Lipinski definition) is 1. The smallest absolute Gasteiger partial charge is 0.410 e. The van der Waals surface area contributed by atoms with Crippen molar-refractivity contribution in [1.29, 1.82) is 0 Å². The number of hydrogen-bond acceptors (Lipinski definition) is 5. The molecule has 2 saturated heterocycles. The topological polar surface area (TPSA) is 85.1 Å². The Morgan fingerprint density at radius 1 is 0.947 bits per heavy atom. The highest BCUT2D eigenvalue weighted by Gasteiger charge is 2.28. The Morgan fingerprint density at radius 3 is 2.18 bits per heavy atom. The van der Waals surface area contributed by atoms with Crippen molar-refractivity contribution in [2.24, 2.45) is 11.7 Å². The molecule has 7 nitrogen and oxygen atoms in total. The summed E-state index contributed by atoms with van der Waals surface area (Å²) in [5.41, 5.74) is 8.18. The Labute approximate surface area is 225 Å². The van der Waals surface area contributed by atoms with Gasteiger partial charge in [0.25, 0.3) is 0 Å². The first kappa shape index (κ1) is 27.9. The summed E-state index contributed by atoms with van der Waals surface area (Å²) < 4.78 is 26.4. The number of carbonyl (C=O) groups is 2. The van der Waals surface area contributed by atoms with Crippen LogP contribution in [0.3, 0.4) is 0 Å². The molecule has 0 radical (unpaired) electrons. The van der Waals surface area contributed by atoms with Crippen LogP contribution in [0.1, 0.15) is 52.0 Å². The highest BCUT2D eigenvalue weighted by Crippen LogP contribution is 2.28. The molecule has 2 amide bonds. The fraction of sp³-hybridized carbons (Fsp3) is 0.533. The van der Waals surface area contributed by atoms with E-state index in [0.717, 1.165) is 55.6 Å². The van der Waals surface area contributed by atoms with Gasteiger partial charge in [-0.15, -0.1) is 0 Å². The number of likely N-dealkylation sites (tertiary alicyclic amines) is 2. The molecule has 0 unspecified atom stereocenters. The van der Waals surface area contributed by atoms with Crippen LogP contribution in [0.2, 0.25) is 0 Å². The molecule has 206 valence electrons. The number of nitrogens with two attached hydrogens (primary N) is 1. The summed E-state index contributed by atoms with van der Waals surface area (Å²) in [6.45, 7) is 8.58. The van der Waals surface area contributed by atoms with Crippen LogP contribution in [-0.2, 0) is 16.0 Å². The minimum Gasteiger partial charge on any atom is -0.490 e. The minimum atomic E-state index is -0.729. The van der Waals surface area contributed by atoms with E-state index in [1.807, 2.05) is 44.2 Å². The maximum Gasteiger partial charge on any atom is 0.410 e. The van der Waals surface area contributed by atoms with Crippen LogP contribution in [0, 0.1) is 11.7 Å². The molecule has 38 heavy (non-hydrogen) atoms. The number of ether oxygens (including phenoxy) is 2. The van der Waals surface area contributed by atoms with Crippen molar-refractivity contribution < 1.29 is 23.5 Å². The molecular formula is C30H40FN3O4. The predicted octanol–water partition coefficient (Wildman–Crippen LogP) is 5.01. The third kappa shape index (κ3) is 7.04. The highest BCUT2D eigenvalue weighted by atomic mass is 19.1. The number of carbonyl (C=O) groups excluding carboxylic acids is 2. The van der Waals surface area contributed by atoms with E-state index >= 15 is 0 Å². The van der Waals surface area contributed by atoms with Gasteiger partial charge in [-0.05, 0) is 93.7 Å². The second-order valence-corrected chi connectivity index (χ2v) is 10.8. The Bertz CT molecular complexity index is 1090. The normalized spacial score (nSPS) is 17.9. The quantitative estimate of drug-likeness (QED) is 0.524. The molecule has 2 atom stereocenters. The van der Waals surface area contributed by atoms with E-state index in [1.54, 1.807) is 15.9 Å². The lowest BCUT2D eigenvalue weighted by atomic mass is 9.92. The monoisotopic (exact) mass is 525 g/mol. The van der Waals surface area contributed by atoms with Gasteiger partial charge in [0.2, 0.25) is 5.91 Å². The number of benzene rings is 2. The van der Waals surface area contributed by atoms with Crippen molar-refractivity contribution in [2.45, 2.75) is 71.1 Å². The molecule has 0 aromatic heterocycles. The number of rotatable bonds is 8. The van der Waals surface area contributed by atoms with E-state index in [4.69, 9.17) is 15.2 Å². The minimum absolute atomic E-state index is 0.00771. The molecule has 0 spiro atoms. The molecule has 2 aromatic rings. The van der Waals surface area contributed by atoms with E-state index < -0.39 is 6.04 Å². The maximum atomic E-state index is 14.9. The molecule has 2 heterocycles. The lowest BCUT2D eigenvalue weighted by Crippen LogP contribution is -2.43. The average Bonchev–Trinajstić information content (AvgIpc) is 3.44. The van der Waals surface area contributed by atoms with Crippen molar-refractivity contribution in [1.82, 2.24) is 9.80 Å². The zero-order chi connectivity index (χ0) is 27.2. The van der Waals surface area contributed by atoms with E-state index in [1.165, 1.54) is 6.07 Å². The first-order valence-electron chi connectivity index (χ1n) is 13.8. The number of halogens is 1.